The van der Waals surface area contributed by atoms with Crippen molar-refractivity contribution >= 4 is 50.8 Å². The second kappa shape index (κ2) is 9.14. The second-order valence-electron chi connectivity index (χ2n) is 6.25. The number of hydrogen-bond donors (Lipinski definition) is 2. The van der Waals surface area contributed by atoms with Crippen LogP contribution >= 0.6 is 23.1 Å². The SMILES string of the molecule is COC(=O)c1ccc2c(=O)[nH]c(CSc3nnc(Nc4ccc(OC)cc4)s3)nc2c1. The van der Waals surface area contributed by atoms with Gasteiger partial charge in [0.25, 0.3) is 5.56 Å². The number of nitrogens with zero attached hydrogens (tertiary/aromatic N) is 3. The molecular weight excluding hydrogens is 438 g/mol. The number of aromatic nitrogens is 4. The molecular formula is C20H17N5O4S2. The maximum Gasteiger partial charge on any atom is 0.337 e. The first-order chi connectivity index (χ1) is 15.1. The lowest BCUT2D eigenvalue weighted by atomic mass is 10.1. The summed E-state index contributed by atoms with van der Waals surface area (Å²) >= 11 is 2.80. The maximum atomic E-state index is 12.3. The number of aromatic amines is 1. The van der Waals surface area contributed by atoms with Crippen molar-refractivity contribution in [2.24, 2.45) is 0 Å². The fourth-order valence-corrected chi connectivity index (χ4v) is 4.39. The van der Waals surface area contributed by atoms with Gasteiger partial charge in [0.2, 0.25) is 5.13 Å². The van der Waals surface area contributed by atoms with Gasteiger partial charge < -0.3 is 19.8 Å². The summed E-state index contributed by atoms with van der Waals surface area (Å²) < 4.78 is 10.6. The number of carbonyl (C=O) groups excluding carboxylic acids is 1. The molecule has 11 heteroatoms. The molecule has 0 spiro atoms. The minimum atomic E-state index is -0.481. The Bertz CT molecular complexity index is 1290. The van der Waals surface area contributed by atoms with Crippen LogP contribution in [0.2, 0.25) is 0 Å². The van der Waals surface area contributed by atoms with E-state index in [0.29, 0.717) is 33.2 Å². The van der Waals surface area contributed by atoms with Crippen molar-refractivity contribution in [3.63, 3.8) is 0 Å². The molecule has 2 aromatic carbocycles. The monoisotopic (exact) mass is 455 g/mol. The molecule has 4 rings (SSSR count). The molecule has 0 aliphatic rings. The van der Waals surface area contributed by atoms with Crippen LogP contribution in [0.5, 0.6) is 5.75 Å². The first-order valence-electron chi connectivity index (χ1n) is 9.04. The van der Waals surface area contributed by atoms with Gasteiger partial charge in [-0.05, 0) is 42.5 Å². The van der Waals surface area contributed by atoms with Gasteiger partial charge >= 0.3 is 5.97 Å². The van der Waals surface area contributed by atoms with Gasteiger partial charge in [0.15, 0.2) is 4.34 Å². The Morgan fingerprint density at radius 2 is 1.97 bits per heavy atom. The number of hydrogen-bond acceptors (Lipinski definition) is 10. The molecule has 0 aliphatic carbocycles. The number of benzene rings is 2. The highest BCUT2D eigenvalue weighted by atomic mass is 32.2. The Hall–Kier alpha value is -3.44. The number of ether oxygens (including phenoxy) is 2. The molecule has 4 aromatic rings. The molecule has 2 heterocycles. The summed E-state index contributed by atoms with van der Waals surface area (Å²) in [6.45, 7) is 0. The molecule has 0 aliphatic heterocycles. The zero-order chi connectivity index (χ0) is 21.8. The topological polar surface area (TPSA) is 119 Å². The van der Waals surface area contributed by atoms with Crippen molar-refractivity contribution in [2.75, 3.05) is 19.5 Å². The fraction of sp³-hybridized carbons (Fsp3) is 0.150. The van der Waals surface area contributed by atoms with E-state index in [9.17, 15) is 9.59 Å². The van der Waals surface area contributed by atoms with E-state index < -0.39 is 5.97 Å². The van der Waals surface area contributed by atoms with Gasteiger partial charge in [-0.25, -0.2) is 9.78 Å². The first-order valence-corrected chi connectivity index (χ1v) is 10.8. The van der Waals surface area contributed by atoms with Crippen LogP contribution in [0.1, 0.15) is 16.2 Å². The summed E-state index contributed by atoms with van der Waals surface area (Å²) in [6.07, 6.45) is 0. The average Bonchev–Trinajstić information content (AvgIpc) is 3.24. The van der Waals surface area contributed by atoms with E-state index in [1.165, 1.54) is 36.3 Å². The molecule has 0 unspecified atom stereocenters. The quantitative estimate of drug-likeness (QED) is 0.318. The number of anilines is 2. The van der Waals surface area contributed by atoms with Crippen LogP contribution in [0.15, 0.2) is 51.6 Å². The summed E-state index contributed by atoms with van der Waals surface area (Å²) in [7, 11) is 2.92. The molecule has 0 saturated carbocycles. The van der Waals surface area contributed by atoms with E-state index in [1.54, 1.807) is 19.2 Å². The number of thioether (sulfide) groups is 1. The van der Waals surface area contributed by atoms with Gasteiger partial charge in [-0.3, -0.25) is 4.79 Å². The van der Waals surface area contributed by atoms with Gasteiger partial charge in [-0.1, -0.05) is 23.1 Å². The molecule has 0 radical (unpaired) electrons. The van der Waals surface area contributed by atoms with E-state index in [2.05, 4.69) is 25.5 Å². The second-order valence-corrected chi connectivity index (χ2v) is 8.45. The first kappa shape index (κ1) is 20.8. The molecule has 9 nitrogen and oxygen atoms in total. The molecule has 0 fully saturated rings. The highest BCUT2D eigenvalue weighted by Gasteiger charge is 2.11. The molecule has 0 atom stereocenters. The van der Waals surface area contributed by atoms with Crippen molar-refractivity contribution in [3.8, 4) is 5.75 Å². The zero-order valence-electron chi connectivity index (χ0n) is 16.5. The van der Waals surface area contributed by atoms with Gasteiger partial charge in [-0.2, -0.15) is 0 Å². The van der Waals surface area contributed by atoms with E-state index >= 15 is 0 Å². The molecule has 158 valence electrons. The average molecular weight is 456 g/mol. The predicted molar refractivity (Wildman–Crippen MR) is 119 cm³/mol. The fourth-order valence-electron chi connectivity index (χ4n) is 2.75. The lowest BCUT2D eigenvalue weighted by Gasteiger charge is -2.04. The smallest absolute Gasteiger partial charge is 0.337 e. The number of fused-ring (bicyclic) bond motifs is 1. The van der Waals surface area contributed by atoms with Crippen LogP contribution in [-0.2, 0) is 10.5 Å². The minimum absolute atomic E-state index is 0.267. The molecule has 2 aromatic heterocycles. The molecule has 0 bridgehead atoms. The highest BCUT2D eigenvalue weighted by molar-refractivity contribution is 8.00. The Kier molecular flexibility index (Phi) is 6.14. The van der Waals surface area contributed by atoms with Crippen molar-refractivity contribution in [3.05, 3.63) is 64.2 Å². The van der Waals surface area contributed by atoms with Crippen molar-refractivity contribution < 1.29 is 14.3 Å². The zero-order valence-corrected chi connectivity index (χ0v) is 18.2. The van der Waals surface area contributed by atoms with Gasteiger partial charge in [-0.15, -0.1) is 10.2 Å². The maximum absolute atomic E-state index is 12.3. The van der Waals surface area contributed by atoms with Gasteiger partial charge in [0, 0.05) is 5.69 Å². The van der Waals surface area contributed by atoms with E-state index in [-0.39, 0.29) is 5.56 Å². The summed E-state index contributed by atoms with van der Waals surface area (Å²) in [5.74, 6) is 1.16. The third-order valence-electron chi connectivity index (χ3n) is 4.26. The highest BCUT2D eigenvalue weighted by Crippen LogP contribution is 2.29. The summed E-state index contributed by atoms with van der Waals surface area (Å²) in [6, 6.07) is 12.1. The number of rotatable bonds is 7. The Morgan fingerprint density at radius 1 is 1.16 bits per heavy atom. The Labute approximate surface area is 184 Å². The predicted octanol–water partition coefficient (Wildman–Crippen LogP) is 3.61. The largest absolute Gasteiger partial charge is 0.497 e. The van der Waals surface area contributed by atoms with E-state index in [4.69, 9.17) is 9.47 Å². The Balaban J connectivity index is 1.46. The Morgan fingerprint density at radius 3 is 2.71 bits per heavy atom. The third kappa shape index (κ3) is 4.84. The van der Waals surface area contributed by atoms with Crippen molar-refractivity contribution in [2.45, 2.75) is 10.1 Å². The summed E-state index contributed by atoms with van der Waals surface area (Å²) in [5.41, 5.74) is 1.37. The van der Waals surface area contributed by atoms with Crippen LogP contribution < -0.4 is 15.6 Å². The van der Waals surface area contributed by atoms with Crippen LogP contribution in [0, 0.1) is 0 Å². The normalized spacial score (nSPS) is 10.8. The lowest BCUT2D eigenvalue weighted by molar-refractivity contribution is 0.0601. The minimum Gasteiger partial charge on any atom is -0.497 e. The standard InChI is InChI=1S/C20H17N5O4S2/c1-28-13-6-4-12(5-7-13)21-19-24-25-20(31-19)30-10-16-22-15-9-11(18(27)29-2)3-8-14(15)17(26)23-16/h3-9H,10H2,1-2H3,(H,21,24)(H,22,23,26). The number of carbonyl (C=O) groups is 1. The number of nitrogens with one attached hydrogen (secondary N) is 2. The van der Waals surface area contributed by atoms with Gasteiger partial charge in [0.05, 0.1) is 36.4 Å². The number of methoxy groups -OCH3 is 2. The van der Waals surface area contributed by atoms with Crippen LogP contribution in [0.25, 0.3) is 10.9 Å². The van der Waals surface area contributed by atoms with Gasteiger partial charge in [0.1, 0.15) is 11.6 Å². The third-order valence-corrected chi connectivity index (χ3v) is 6.24. The van der Waals surface area contributed by atoms with E-state index in [0.717, 1.165) is 15.8 Å². The number of esters is 1. The molecule has 31 heavy (non-hydrogen) atoms. The van der Waals surface area contributed by atoms with Crippen molar-refractivity contribution in [1.29, 1.82) is 0 Å². The molecule has 0 saturated heterocycles. The molecule has 2 N–H and O–H groups in total. The van der Waals surface area contributed by atoms with Crippen LogP contribution in [-0.4, -0.2) is 40.4 Å². The van der Waals surface area contributed by atoms with Crippen molar-refractivity contribution in [1.82, 2.24) is 20.2 Å². The summed E-state index contributed by atoms with van der Waals surface area (Å²) in [4.78, 5) is 31.3. The number of H-pyrrole nitrogens is 1. The summed E-state index contributed by atoms with van der Waals surface area (Å²) in [5, 5.41) is 12.5. The van der Waals surface area contributed by atoms with Crippen LogP contribution in [0.3, 0.4) is 0 Å². The molecule has 0 amide bonds. The lowest BCUT2D eigenvalue weighted by Crippen LogP contribution is -2.12. The van der Waals surface area contributed by atoms with E-state index in [1.807, 2.05) is 24.3 Å². The van der Waals surface area contributed by atoms with Crippen LogP contribution in [0.4, 0.5) is 10.8 Å².